The van der Waals surface area contributed by atoms with Crippen LogP contribution in [-0.2, 0) is 6.54 Å². The molecule has 0 amide bonds. The normalized spacial score (nSPS) is 17.5. The van der Waals surface area contributed by atoms with Crippen LogP contribution < -0.4 is 4.74 Å². The Morgan fingerprint density at radius 1 is 1.22 bits per heavy atom. The topological polar surface area (TPSA) is 46.6 Å². The van der Waals surface area contributed by atoms with Crippen molar-refractivity contribution in [3.8, 4) is 5.75 Å². The van der Waals surface area contributed by atoms with Gasteiger partial charge in [0.2, 0.25) is 0 Å². The zero-order valence-electron chi connectivity index (χ0n) is 15.7. The van der Waals surface area contributed by atoms with Gasteiger partial charge in [0.15, 0.2) is 11.6 Å². The van der Waals surface area contributed by atoms with Crippen LogP contribution in [0, 0.1) is 11.7 Å². The van der Waals surface area contributed by atoms with Gasteiger partial charge in [0.05, 0.1) is 12.7 Å². The Labute approximate surface area is 158 Å². The highest BCUT2D eigenvalue weighted by Crippen LogP contribution is 2.27. The summed E-state index contributed by atoms with van der Waals surface area (Å²) < 4.78 is 18.9. The van der Waals surface area contributed by atoms with E-state index in [0.717, 1.165) is 24.9 Å². The second-order valence-electron chi connectivity index (χ2n) is 7.04. The number of benzene rings is 2. The van der Waals surface area contributed by atoms with E-state index in [9.17, 15) is 14.0 Å². The van der Waals surface area contributed by atoms with Gasteiger partial charge >= 0.3 is 0 Å². The van der Waals surface area contributed by atoms with Crippen LogP contribution in [0.1, 0.15) is 46.0 Å². The molecule has 0 saturated carbocycles. The van der Waals surface area contributed by atoms with Gasteiger partial charge in [-0.3, -0.25) is 14.5 Å². The van der Waals surface area contributed by atoms with E-state index in [2.05, 4.69) is 4.90 Å². The molecule has 0 aromatic heterocycles. The minimum atomic E-state index is -0.437. The first-order valence-electron chi connectivity index (χ1n) is 9.18. The minimum absolute atomic E-state index is 0.0433. The van der Waals surface area contributed by atoms with Crippen LogP contribution in [-0.4, -0.2) is 36.7 Å². The fraction of sp³-hybridized carbons (Fsp3) is 0.364. The molecule has 1 unspecified atom stereocenters. The van der Waals surface area contributed by atoms with Crippen molar-refractivity contribution in [1.29, 1.82) is 0 Å². The zero-order chi connectivity index (χ0) is 19.4. The summed E-state index contributed by atoms with van der Waals surface area (Å²) in [6.07, 6.45) is 1.68. The van der Waals surface area contributed by atoms with Gasteiger partial charge < -0.3 is 4.74 Å². The van der Waals surface area contributed by atoms with Crippen LogP contribution in [0.5, 0.6) is 5.75 Å². The van der Waals surface area contributed by atoms with Crippen LogP contribution in [0.15, 0.2) is 42.5 Å². The molecule has 1 heterocycles. The van der Waals surface area contributed by atoms with Crippen molar-refractivity contribution in [2.24, 2.45) is 5.92 Å². The number of carbonyl (C=O) groups is 2. The molecule has 0 N–H and O–H groups in total. The first-order valence-corrected chi connectivity index (χ1v) is 9.18. The van der Waals surface area contributed by atoms with Crippen molar-refractivity contribution >= 4 is 11.6 Å². The van der Waals surface area contributed by atoms with Gasteiger partial charge in [-0.1, -0.05) is 18.2 Å². The molecule has 0 bridgehead atoms. The molecule has 2 aromatic carbocycles. The van der Waals surface area contributed by atoms with Gasteiger partial charge in [-0.15, -0.1) is 0 Å². The third-order valence-electron chi connectivity index (χ3n) is 5.04. The second-order valence-corrected chi connectivity index (χ2v) is 7.04. The molecule has 1 fully saturated rings. The fourth-order valence-corrected chi connectivity index (χ4v) is 3.65. The molecule has 3 rings (SSSR count). The highest BCUT2D eigenvalue weighted by molar-refractivity contribution is 6.00. The Balaban J connectivity index is 1.73. The monoisotopic (exact) mass is 369 g/mol. The summed E-state index contributed by atoms with van der Waals surface area (Å²) in [5.74, 6) is -0.249. The van der Waals surface area contributed by atoms with E-state index in [1.54, 1.807) is 6.92 Å². The van der Waals surface area contributed by atoms with Gasteiger partial charge in [0.1, 0.15) is 11.6 Å². The van der Waals surface area contributed by atoms with Gasteiger partial charge in [-0.25, -0.2) is 4.39 Å². The van der Waals surface area contributed by atoms with Crippen LogP contribution >= 0.6 is 0 Å². The lowest BCUT2D eigenvalue weighted by atomic mass is 9.89. The first-order chi connectivity index (χ1) is 13.0. The number of nitrogens with zero attached hydrogens (tertiary/aromatic N) is 1. The zero-order valence-corrected chi connectivity index (χ0v) is 15.7. The summed E-state index contributed by atoms with van der Waals surface area (Å²) in [6.45, 7) is 3.75. The van der Waals surface area contributed by atoms with Crippen molar-refractivity contribution in [2.75, 3.05) is 20.2 Å². The molecule has 0 spiro atoms. The smallest absolute Gasteiger partial charge is 0.171 e. The van der Waals surface area contributed by atoms with Crippen LogP contribution in [0.3, 0.4) is 0 Å². The van der Waals surface area contributed by atoms with Gasteiger partial charge in [0, 0.05) is 24.6 Å². The summed E-state index contributed by atoms with van der Waals surface area (Å²) in [6, 6.07) is 11.6. The number of Topliss-reactive ketones (excluding diaryl/α,β-unsaturated/α-hetero) is 2. The van der Waals surface area contributed by atoms with Crippen molar-refractivity contribution in [1.82, 2.24) is 4.90 Å². The van der Waals surface area contributed by atoms with Crippen molar-refractivity contribution in [3.05, 3.63) is 65.0 Å². The van der Waals surface area contributed by atoms with E-state index in [4.69, 9.17) is 4.74 Å². The van der Waals surface area contributed by atoms with Crippen LogP contribution in [0.4, 0.5) is 4.39 Å². The summed E-state index contributed by atoms with van der Waals surface area (Å²) >= 11 is 0. The number of carbonyl (C=O) groups excluding carboxylic acids is 2. The van der Waals surface area contributed by atoms with E-state index < -0.39 is 5.82 Å². The highest BCUT2D eigenvalue weighted by Gasteiger charge is 2.28. The number of ether oxygens (including phenoxy) is 1. The molecular formula is C22H24FNO3. The lowest BCUT2D eigenvalue weighted by Crippen LogP contribution is -2.38. The van der Waals surface area contributed by atoms with Crippen molar-refractivity contribution in [2.45, 2.75) is 26.3 Å². The number of methoxy groups -OCH3 is 1. The predicted octanol–water partition coefficient (Wildman–Crippen LogP) is 4.13. The summed E-state index contributed by atoms with van der Waals surface area (Å²) in [4.78, 5) is 26.7. The van der Waals surface area contributed by atoms with Crippen LogP contribution in [0.2, 0.25) is 0 Å². The van der Waals surface area contributed by atoms with E-state index in [1.807, 2.05) is 24.3 Å². The van der Waals surface area contributed by atoms with E-state index >= 15 is 0 Å². The Hall–Kier alpha value is -2.53. The average Bonchev–Trinajstić information content (AvgIpc) is 2.67. The van der Waals surface area contributed by atoms with E-state index in [1.165, 1.54) is 25.3 Å². The fourth-order valence-electron chi connectivity index (χ4n) is 3.65. The maximum Gasteiger partial charge on any atom is 0.171 e. The molecule has 0 radical (unpaired) electrons. The molecule has 142 valence electrons. The molecule has 1 aliphatic rings. The van der Waals surface area contributed by atoms with E-state index in [0.29, 0.717) is 30.0 Å². The number of halogens is 1. The second kappa shape index (κ2) is 8.44. The highest BCUT2D eigenvalue weighted by atomic mass is 19.1. The van der Waals surface area contributed by atoms with Gasteiger partial charge in [0.25, 0.3) is 0 Å². The summed E-state index contributed by atoms with van der Waals surface area (Å²) in [5.41, 5.74) is 2.06. The number of likely N-dealkylation sites (tertiary alicyclic amines) is 1. The molecule has 2 aromatic rings. The van der Waals surface area contributed by atoms with Gasteiger partial charge in [-0.2, -0.15) is 0 Å². The molecular weight excluding hydrogens is 345 g/mol. The lowest BCUT2D eigenvalue weighted by molar-refractivity contribution is 0.0808. The van der Waals surface area contributed by atoms with Crippen molar-refractivity contribution < 1.29 is 18.7 Å². The lowest BCUT2D eigenvalue weighted by Gasteiger charge is -2.32. The third-order valence-corrected chi connectivity index (χ3v) is 5.04. The third kappa shape index (κ3) is 4.61. The first kappa shape index (κ1) is 19.2. The average molecular weight is 369 g/mol. The molecule has 1 aliphatic heterocycles. The Bertz CT molecular complexity index is 849. The number of ketones is 2. The molecule has 0 aliphatic carbocycles. The standard InChI is InChI=1S/C22H24FNO3/c1-15(25)17-6-3-5-16(11-17)13-24-10-4-7-18(14-24)22(26)20-12-19(23)8-9-21(20)27-2/h3,5-6,8-9,11-12,18H,4,7,10,13-14H2,1-2H3. The minimum Gasteiger partial charge on any atom is -0.496 e. The van der Waals surface area contributed by atoms with Crippen molar-refractivity contribution in [3.63, 3.8) is 0 Å². The number of hydrogen-bond donors (Lipinski definition) is 0. The Morgan fingerprint density at radius 2 is 2.04 bits per heavy atom. The predicted molar refractivity (Wildman–Crippen MR) is 102 cm³/mol. The summed E-state index contributed by atoms with van der Waals surface area (Å²) in [5, 5.41) is 0. The molecule has 1 atom stereocenters. The molecule has 1 saturated heterocycles. The molecule has 5 heteroatoms. The van der Waals surface area contributed by atoms with E-state index in [-0.39, 0.29) is 17.5 Å². The van der Waals surface area contributed by atoms with Gasteiger partial charge in [-0.05, 0) is 56.1 Å². The SMILES string of the molecule is COc1ccc(F)cc1C(=O)C1CCCN(Cc2cccc(C(C)=O)c2)C1. The Morgan fingerprint density at radius 3 is 2.78 bits per heavy atom. The number of rotatable bonds is 6. The molecule has 27 heavy (non-hydrogen) atoms. The number of piperidine rings is 1. The summed E-state index contributed by atoms with van der Waals surface area (Å²) in [7, 11) is 1.49. The number of hydrogen-bond acceptors (Lipinski definition) is 4. The quantitative estimate of drug-likeness (QED) is 0.718. The Kier molecular flexibility index (Phi) is 6.01. The van der Waals surface area contributed by atoms with Crippen LogP contribution in [0.25, 0.3) is 0 Å². The molecule has 4 nitrogen and oxygen atoms in total. The largest absolute Gasteiger partial charge is 0.496 e. The maximum absolute atomic E-state index is 13.6. The maximum atomic E-state index is 13.6.